The van der Waals surface area contributed by atoms with Crippen LogP contribution in [0.15, 0.2) is 36.4 Å². The van der Waals surface area contributed by atoms with Crippen LogP contribution in [0, 0.1) is 5.82 Å². The molecule has 1 aliphatic rings. The summed E-state index contributed by atoms with van der Waals surface area (Å²) in [6.07, 6.45) is 1.25. The van der Waals surface area contributed by atoms with Gasteiger partial charge in [-0.3, -0.25) is 0 Å². The number of rotatable bonds is 3. The average Bonchev–Trinajstić information content (AvgIpc) is 2.91. The van der Waals surface area contributed by atoms with Gasteiger partial charge in [0.1, 0.15) is 11.6 Å². The van der Waals surface area contributed by atoms with Crippen LogP contribution in [0.4, 0.5) is 4.39 Å². The summed E-state index contributed by atoms with van der Waals surface area (Å²) < 4.78 is 19.5. The van der Waals surface area contributed by atoms with E-state index in [4.69, 9.17) is 22.1 Å². The zero-order valence-corrected chi connectivity index (χ0v) is 11.7. The third kappa shape index (κ3) is 2.39. The molecule has 2 nitrogen and oxygen atoms in total. The fourth-order valence-corrected chi connectivity index (χ4v) is 2.83. The summed E-state index contributed by atoms with van der Waals surface area (Å²) >= 11 is 6.05. The predicted octanol–water partition coefficient (Wildman–Crippen LogP) is 3.66. The Morgan fingerprint density at radius 1 is 1.25 bits per heavy atom. The maximum atomic E-state index is 13.8. The predicted molar refractivity (Wildman–Crippen MR) is 77.7 cm³/mol. The molecule has 0 amide bonds. The number of ether oxygens (including phenoxy) is 1. The van der Waals surface area contributed by atoms with Crippen molar-refractivity contribution in [1.29, 1.82) is 0 Å². The van der Waals surface area contributed by atoms with Gasteiger partial charge in [0.15, 0.2) is 0 Å². The van der Waals surface area contributed by atoms with Crippen LogP contribution in [0.25, 0.3) is 0 Å². The van der Waals surface area contributed by atoms with E-state index in [0.29, 0.717) is 23.6 Å². The normalized spacial score (nSPS) is 14.8. The zero-order chi connectivity index (χ0) is 14.1. The van der Waals surface area contributed by atoms with Gasteiger partial charge in [-0.15, -0.1) is 0 Å². The first-order valence-electron chi connectivity index (χ1n) is 6.60. The molecule has 3 rings (SSSR count). The molecule has 0 bridgehead atoms. The Kier molecular flexibility index (Phi) is 3.64. The number of benzene rings is 2. The summed E-state index contributed by atoms with van der Waals surface area (Å²) in [4.78, 5) is 0. The van der Waals surface area contributed by atoms with Gasteiger partial charge < -0.3 is 10.5 Å². The maximum absolute atomic E-state index is 13.8. The number of hydrogen-bond donors (Lipinski definition) is 1. The van der Waals surface area contributed by atoms with Crippen molar-refractivity contribution in [3.63, 3.8) is 0 Å². The van der Waals surface area contributed by atoms with Crippen LogP contribution in [0.1, 0.15) is 22.7 Å². The molecule has 0 spiro atoms. The lowest BCUT2D eigenvalue weighted by Crippen LogP contribution is -2.15. The topological polar surface area (TPSA) is 35.2 Å². The lowest BCUT2D eigenvalue weighted by Gasteiger charge is -2.16. The standard InChI is InChI=1S/C16H15ClFNO/c17-13-5-2-6-14(18)12(13)9-15(19)11-4-1-3-10-7-8-20-16(10)11/h1-6,15H,7-9,19H2. The number of para-hydroxylation sites is 1. The molecular weight excluding hydrogens is 277 g/mol. The largest absolute Gasteiger partial charge is 0.493 e. The van der Waals surface area contributed by atoms with Crippen LogP contribution >= 0.6 is 11.6 Å². The third-order valence-electron chi connectivity index (χ3n) is 3.63. The minimum atomic E-state index is -0.336. The number of fused-ring (bicyclic) bond motifs is 1. The van der Waals surface area contributed by atoms with E-state index in [1.807, 2.05) is 18.2 Å². The summed E-state index contributed by atoms with van der Waals surface area (Å²) in [5.74, 6) is 0.536. The van der Waals surface area contributed by atoms with Crippen molar-refractivity contribution >= 4 is 11.6 Å². The molecule has 0 saturated carbocycles. The second kappa shape index (κ2) is 5.43. The van der Waals surface area contributed by atoms with E-state index in [0.717, 1.165) is 23.3 Å². The van der Waals surface area contributed by atoms with Gasteiger partial charge in [-0.2, -0.15) is 0 Å². The van der Waals surface area contributed by atoms with E-state index in [9.17, 15) is 4.39 Å². The van der Waals surface area contributed by atoms with E-state index in [1.165, 1.54) is 6.07 Å². The molecule has 0 aliphatic carbocycles. The molecule has 1 atom stereocenters. The van der Waals surface area contributed by atoms with Gasteiger partial charge in [-0.05, 0) is 24.1 Å². The lowest BCUT2D eigenvalue weighted by molar-refractivity contribution is 0.351. The fraction of sp³-hybridized carbons (Fsp3) is 0.250. The summed E-state index contributed by atoms with van der Waals surface area (Å²) in [6.45, 7) is 0.680. The Hall–Kier alpha value is -1.58. The maximum Gasteiger partial charge on any atom is 0.127 e. The molecule has 1 unspecified atom stereocenters. The fourth-order valence-electron chi connectivity index (χ4n) is 2.59. The van der Waals surface area contributed by atoms with Gasteiger partial charge >= 0.3 is 0 Å². The van der Waals surface area contributed by atoms with Crippen LogP contribution in [0.3, 0.4) is 0 Å². The van der Waals surface area contributed by atoms with Crippen molar-refractivity contribution in [2.45, 2.75) is 18.9 Å². The molecule has 2 aromatic rings. The molecule has 2 N–H and O–H groups in total. The van der Waals surface area contributed by atoms with Crippen LogP contribution in [0.2, 0.25) is 5.02 Å². The van der Waals surface area contributed by atoms with Gasteiger partial charge in [-0.25, -0.2) is 4.39 Å². The van der Waals surface area contributed by atoms with Crippen LogP contribution in [-0.2, 0) is 12.8 Å². The summed E-state index contributed by atoms with van der Waals surface area (Å²) in [5, 5.41) is 0.411. The average molecular weight is 292 g/mol. The molecule has 20 heavy (non-hydrogen) atoms. The summed E-state index contributed by atoms with van der Waals surface area (Å²) in [5.41, 5.74) is 8.77. The molecule has 0 radical (unpaired) electrons. The summed E-state index contributed by atoms with van der Waals surface area (Å²) in [7, 11) is 0. The lowest BCUT2D eigenvalue weighted by atomic mass is 9.96. The minimum Gasteiger partial charge on any atom is -0.493 e. The SMILES string of the molecule is NC(Cc1c(F)cccc1Cl)c1cccc2c1OCC2. The first-order valence-corrected chi connectivity index (χ1v) is 6.97. The van der Waals surface area contributed by atoms with Crippen LogP contribution in [-0.4, -0.2) is 6.61 Å². The Labute approximate surface area is 122 Å². The Balaban J connectivity index is 1.91. The Morgan fingerprint density at radius 3 is 2.85 bits per heavy atom. The highest BCUT2D eigenvalue weighted by Crippen LogP contribution is 2.34. The second-order valence-electron chi connectivity index (χ2n) is 4.94. The number of nitrogens with two attached hydrogens (primary N) is 1. The van der Waals surface area contributed by atoms with E-state index in [1.54, 1.807) is 12.1 Å². The molecule has 2 aromatic carbocycles. The van der Waals surface area contributed by atoms with Crippen molar-refractivity contribution in [3.05, 3.63) is 63.9 Å². The van der Waals surface area contributed by atoms with Crippen molar-refractivity contribution in [2.24, 2.45) is 5.73 Å². The highest BCUT2D eigenvalue weighted by molar-refractivity contribution is 6.31. The second-order valence-corrected chi connectivity index (χ2v) is 5.35. The zero-order valence-electron chi connectivity index (χ0n) is 10.9. The molecule has 0 fully saturated rings. The molecule has 0 saturated heterocycles. The van der Waals surface area contributed by atoms with Crippen molar-refractivity contribution in [1.82, 2.24) is 0 Å². The van der Waals surface area contributed by atoms with Gasteiger partial charge in [-0.1, -0.05) is 35.9 Å². The van der Waals surface area contributed by atoms with Crippen LogP contribution in [0.5, 0.6) is 5.75 Å². The van der Waals surface area contributed by atoms with Crippen molar-refractivity contribution < 1.29 is 9.13 Å². The third-order valence-corrected chi connectivity index (χ3v) is 3.98. The molecule has 1 heterocycles. The van der Waals surface area contributed by atoms with E-state index >= 15 is 0 Å². The van der Waals surface area contributed by atoms with Crippen molar-refractivity contribution in [3.8, 4) is 5.75 Å². The van der Waals surface area contributed by atoms with E-state index < -0.39 is 0 Å². The Bertz CT molecular complexity index is 624. The number of hydrogen-bond acceptors (Lipinski definition) is 2. The first kappa shape index (κ1) is 13.4. The first-order chi connectivity index (χ1) is 9.66. The molecule has 104 valence electrons. The van der Waals surface area contributed by atoms with Gasteiger partial charge in [0.25, 0.3) is 0 Å². The van der Waals surface area contributed by atoms with Gasteiger partial charge in [0.2, 0.25) is 0 Å². The molecule has 1 aliphatic heterocycles. The van der Waals surface area contributed by atoms with E-state index in [-0.39, 0.29) is 11.9 Å². The summed E-state index contributed by atoms with van der Waals surface area (Å²) in [6, 6.07) is 10.3. The smallest absolute Gasteiger partial charge is 0.127 e. The van der Waals surface area contributed by atoms with Crippen molar-refractivity contribution in [2.75, 3.05) is 6.61 Å². The highest BCUT2D eigenvalue weighted by atomic mass is 35.5. The Morgan fingerprint density at radius 2 is 2.05 bits per heavy atom. The highest BCUT2D eigenvalue weighted by Gasteiger charge is 2.21. The molecule has 4 heteroatoms. The monoisotopic (exact) mass is 291 g/mol. The van der Waals surface area contributed by atoms with Gasteiger partial charge in [0, 0.05) is 28.6 Å². The quantitative estimate of drug-likeness (QED) is 0.937. The minimum absolute atomic E-state index is 0.318. The van der Waals surface area contributed by atoms with Gasteiger partial charge in [0.05, 0.1) is 6.61 Å². The molecular formula is C16H15ClFNO. The molecule has 0 aromatic heterocycles. The van der Waals surface area contributed by atoms with Crippen LogP contribution < -0.4 is 10.5 Å². The van der Waals surface area contributed by atoms with E-state index in [2.05, 4.69) is 0 Å². The number of halogens is 2.